The Morgan fingerprint density at radius 1 is 1.03 bits per heavy atom. The van der Waals surface area contributed by atoms with Crippen molar-refractivity contribution in [2.45, 2.75) is 12.5 Å². The third-order valence-electron chi connectivity index (χ3n) is 6.10. The number of rotatable bonds is 9. The van der Waals surface area contributed by atoms with E-state index in [9.17, 15) is 18.4 Å². The Balaban J connectivity index is 1.64. The van der Waals surface area contributed by atoms with Gasteiger partial charge in [0.05, 0.1) is 25.5 Å². The summed E-state index contributed by atoms with van der Waals surface area (Å²) in [5.41, 5.74) is 1.63. The molecule has 0 unspecified atom stereocenters. The molecule has 1 aliphatic heterocycles. The second-order valence-corrected chi connectivity index (χ2v) is 8.49. The molecule has 192 valence electrons. The van der Waals surface area contributed by atoms with Gasteiger partial charge in [-0.25, -0.2) is 13.8 Å². The van der Waals surface area contributed by atoms with Crippen molar-refractivity contribution in [3.8, 4) is 5.75 Å². The zero-order valence-corrected chi connectivity index (χ0v) is 20.6. The van der Waals surface area contributed by atoms with E-state index >= 15 is 0 Å². The van der Waals surface area contributed by atoms with E-state index in [2.05, 4.69) is 5.10 Å². The van der Waals surface area contributed by atoms with Crippen molar-refractivity contribution in [2.75, 3.05) is 33.9 Å². The van der Waals surface area contributed by atoms with Crippen molar-refractivity contribution < 1.29 is 27.8 Å². The van der Waals surface area contributed by atoms with Crippen LogP contribution in [-0.4, -0.2) is 61.4 Å². The average molecular weight is 508 g/mol. The number of nitrogens with zero attached hydrogens (tertiary/aromatic N) is 3. The molecular formula is C28H27F2N3O4. The van der Waals surface area contributed by atoms with Crippen molar-refractivity contribution in [1.29, 1.82) is 0 Å². The molecule has 7 nitrogen and oxygen atoms in total. The number of hydrazone groups is 1. The molecule has 2 amide bonds. The molecule has 0 radical (unpaired) electrons. The monoisotopic (exact) mass is 507 g/mol. The minimum atomic E-state index is -0.554. The van der Waals surface area contributed by atoms with Crippen LogP contribution in [-0.2, 0) is 9.53 Å². The summed E-state index contributed by atoms with van der Waals surface area (Å²) in [4.78, 5) is 28.0. The molecule has 3 aromatic carbocycles. The summed E-state index contributed by atoms with van der Waals surface area (Å²) < 4.78 is 38.7. The molecule has 0 saturated carbocycles. The first-order valence-corrected chi connectivity index (χ1v) is 11.7. The highest BCUT2D eigenvalue weighted by Gasteiger charge is 2.35. The zero-order valence-electron chi connectivity index (χ0n) is 20.6. The van der Waals surface area contributed by atoms with Gasteiger partial charge >= 0.3 is 0 Å². The van der Waals surface area contributed by atoms with Crippen LogP contribution in [0.1, 0.15) is 33.9 Å². The Bertz CT molecular complexity index is 1300. The maximum Gasteiger partial charge on any atom is 0.262 e. The van der Waals surface area contributed by atoms with E-state index in [1.54, 1.807) is 37.4 Å². The van der Waals surface area contributed by atoms with Gasteiger partial charge in [-0.2, -0.15) is 5.10 Å². The molecule has 0 N–H and O–H groups in total. The summed E-state index contributed by atoms with van der Waals surface area (Å²) in [5, 5.41) is 5.79. The second-order valence-electron chi connectivity index (χ2n) is 8.49. The fourth-order valence-corrected chi connectivity index (χ4v) is 4.18. The predicted octanol–water partition coefficient (Wildman–Crippen LogP) is 4.44. The number of carbonyl (C=O) groups excluding carboxylic acids is 2. The first-order chi connectivity index (χ1) is 17.9. The predicted molar refractivity (Wildman–Crippen MR) is 134 cm³/mol. The first-order valence-electron chi connectivity index (χ1n) is 11.7. The van der Waals surface area contributed by atoms with Crippen molar-refractivity contribution in [3.63, 3.8) is 0 Å². The van der Waals surface area contributed by atoms with Crippen LogP contribution in [0.5, 0.6) is 5.75 Å². The SMILES string of the molecule is COCCN(CC(=O)N1N=C(c2ccccc2F)C[C@H]1c1ccc(OC)cc1)C(=O)c1cccc(F)c1. The number of carbonyl (C=O) groups is 2. The van der Waals surface area contributed by atoms with E-state index < -0.39 is 29.5 Å². The summed E-state index contributed by atoms with van der Waals surface area (Å²) in [6.07, 6.45) is 0.287. The maximum atomic E-state index is 14.6. The number of hydrogen-bond donors (Lipinski definition) is 0. The van der Waals surface area contributed by atoms with Gasteiger partial charge in [-0.05, 0) is 42.0 Å². The molecule has 1 heterocycles. The Kier molecular flexibility index (Phi) is 8.25. The third kappa shape index (κ3) is 6.00. The fourth-order valence-electron chi connectivity index (χ4n) is 4.18. The Morgan fingerprint density at radius 3 is 2.46 bits per heavy atom. The number of ether oxygens (including phenoxy) is 2. The van der Waals surface area contributed by atoms with Gasteiger partial charge in [0.25, 0.3) is 11.8 Å². The van der Waals surface area contributed by atoms with E-state index in [0.717, 1.165) is 11.6 Å². The minimum absolute atomic E-state index is 0.114. The lowest BCUT2D eigenvalue weighted by Gasteiger charge is -2.27. The molecule has 0 aromatic heterocycles. The van der Waals surface area contributed by atoms with Crippen LogP contribution in [0, 0.1) is 11.6 Å². The molecule has 0 spiro atoms. The van der Waals surface area contributed by atoms with Gasteiger partial charge in [0.1, 0.15) is 23.9 Å². The lowest BCUT2D eigenvalue weighted by Crippen LogP contribution is -2.42. The largest absolute Gasteiger partial charge is 0.497 e. The molecule has 0 aliphatic carbocycles. The lowest BCUT2D eigenvalue weighted by atomic mass is 9.98. The summed E-state index contributed by atoms with van der Waals surface area (Å²) in [5.74, 6) is -1.31. The van der Waals surface area contributed by atoms with Crippen LogP contribution >= 0.6 is 0 Å². The molecule has 0 bridgehead atoms. The molecule has 0 saturated heterocycles. The Hall–Kier alpha value is -4.11. The van der Waals surface area contributed by atoms with E-state index in [0.29, 0.717) is 17.0 Å². The number of methoxy groups -OCH3 is 2. The maximum absolute atomic E-state index is 14.6. The van der Waals surface area contributed by atoms with E-state index in [1.165, 1.54) is 41.3 Å². The standard InChI is InChI=1S/C28H27F2N3O4/c1-36-15-14-32(28(35)20-6-5-7-21(29)16-20)18-27(34)33-26(19-10-12-22(37-2)13-11-19)17-25(31-33)23-8-3-4-9-24(23)30/h3-13,16,26H,14-15,17-18H2,1-2H3/t26-/m0/s1. The second kappa shape index (κ2) is 11.7. The van der Waals surface area contributed by atoms with Gasteiger partial charge in [-0.15, -0.1) is 0 Å². The van der Waals surface area contributed by atoms with E-state index in [4.69, 9.17) is 9.47 Å². The topological polar surface area (TPSA) is 71.4 Å². The van der Waals surface area contributed by atoms with Crippen LogP contribution in [0.2, 0.25) is 0 Å². The summed E-state index contributed by atoms with van der Waals surface area (Å²) >= 11 is 0. The zero-order chi connectivity index (χ0) is 26.4. The van der Waals surface area contributed by atoms with Gasteiger partial charge in [0.2, 0.25) is 0 Å². The van der Waals surface area contributed by atoms with Crippen molar-refractivity contribution in [3.05, 3.63) is 101 Å². The highest BCUT2D eigenvalue weighted by molar-refractivity contribution is 6.04. The Morgan fingerprint density at radius 2 is 1.78 bits per heavy atom. The van der Waals surface area contributed by atoms with Crippen LogP contribution in [0.4, 0.5) is 8.78 Å². The van der Waals surface area contributed by atoms with E-state index in [-0.39, 0.29) is 31.7 Å². The van der Waals surface area contributed by atoms with Crippen molar-refractivity contribution >= 4 is 17.5 Å². The highest BCUT2D eigenvalue weighted by Crippen LogP contribution is 2.34. The van der Waals surface area contributed by atoms with Gasteiger partial charge in [0.15, 0.2) is 0 Å². The third-order valence-corrected chi connectivity index (χ3v) is 6.10. The van der Waals surface area contributed by atoms with Gasteiger partial charge in [-0.1, -0.05) is 36.4 Å². The molecule has 3 aromatic rings. The van der Waals surface area contributed by atoms with Crippen molar-refractivity contribution in [1.82, 2.24) is 9.91 Å². The normalized spacial score (nSPS) is 14.9. The average Bonchev–Trinajstić information content (AvgIpc) is 3.36. The van der Waals surface area contributed by atoms with Crippen LogP contribution < -0.4 is 4.74 Å². The quantitative estimate of drug-likeness (QED) is 0.429. The number of amides is 2. The van der Waals surface area contributed by atoms with Crippen LogP contribution in [0.3, 0.4) is 0 Å². The molecular weight excluding hydrogens is 480 g/mol. The number of hydrogen-bond acceptors (Lipinski definition) is 5. The summed E-state index contributed by atoms with van der Waals surface area (Å²) in [6.45, 7) is -0.0259. The van der Waals surface area contributed by atoms with Gasteiger partial charge in [0, 0.05) is 31.2 Å². The Labute approximate surface area is 213 Å². The molecule has 1 aliphatic rings. The summed E-state index contributed by atoms with van der Waals surface area (Å²) in [6, 6.07) is 18.2. The van der Waals surface area contributed by atoms with Crippen molar-refractivity contribution in [2.24, 2.45) is 5.10 Å². The van der Waals surface area contributed by atoms with Crippen LogP contribution in [0.15, 0.2) is 77.9 Å². The number of halogens is 2. The molecule has 9 heteroatoms. The molecule has 1 atom stereocenters. The highest BCUT2D eigenvalue weighted by atomic mass is 19.1. The first kappa shape index (κ1) is 26.0. The fraction of sp³-hybridized carbons (Fsp3) is 0.250. The summed E-state index contributed by atoms with van der Waals surface area (Å²) in [7, 11) is 3.04. The number of benzene rings is 3. The van der Waals surface area contributed by atoms with Gasteiger partial charge < -0.3 is 14.4 Å². The smallest absolute Gasteiger partial charge is 0.262 e. The molecule has 37 heavy (non-hydrogen) atoms. The van der Waals surface area contributed by atoms with Crippen LogP contribution in [0.25, 0.3) is 0 Å². The molecule has 4 rings (SSSR count). The lowest BCUT2D eigenvalue weighted by molar-refractivity contribution is -0.133. The van der Waals surface area contributed by atoms with Gasteiger partial charge in [-0.3, -0.25) is 9.59 Å². The minimum Gasteiger partial charge on any atom is -0.497 e. The molecule has 0 fully saturated rings. The van der Waals surface area contributed by atoms with E-state index in [1.807, 2.05) is 12.1 Å².